The Balaban J connectivity index is 1.60. The number of carbonyl (C=O) groups excluding carboxylic acids is 1. The molecule has 1 amide bonds. The highest BCUT2D eigenvalue weighted by atomic mass is 35.5. The predicted molar refractivity (Wildman–Crippen MR) is 114 cm³/mol. The summed E-state index contributed by atoms with van der Waals surface area (Å²) in [4.78, 5) is 24.4. The van der Waals surface area contributed by atoms with Crippen LogP contribution < -0.4 is 15.7 Å². The Morgan fingerprint density at radius 1 is 1.13 bits per heavy atom. The van der Waals surface area contributed by atoms with Gasteiger partial charge in [-0.1, -0.05) is 41.9 Å². The van der Waals surface area contributed by atoms with E-state index in [1.54, 1.807) is 25.1 Å². The molecule has 0 bridgehead atoms. The number of hydrogen-bond donors (Lipinski definition) is 1. The van der Waals surface area contributed by atoms with Crippen LogP contribution >= 0.6 is 11.6 Å². The molecule has 0 aliphatic heterocycles. The van der Waals surface area contributed by atoms with E-state index in [1.165, 1.54) is 18.4 Å². The lowest BCUT2D eigenvalue weighted by molar-refractivity contribution is -0.127. The molecule has 2 aromatic carbocycles. The molecule has 4 aromatic rings. The zero-order valence-corrected chi connectivity index (χ0v) is 16.8. The maximum Gasteiger partial charge on any atom is 0.336 e. The van der Waals surface area contributed by atoms with E-state index in [0.717, 1.165) is 5.56 Å². The molecule has 0 radical (unpaired) electrons. The van der Waals surface area contributed by atoms with E-state index in [-0.39, 0.29) is 18.2 Å². The smallest absolute Gasteiger partial charge is 0.336 e. The van der Waals surface area contributed by atoms with Crippen molar-refractivity contribution in [2.24, 2.45) is 0 Å². The molecule has 1 atom stereocenters. The van der Waals surface area contributed by atoms with Gasteiger partial charge in [-0.2, -0.15) is 0 Å². The maximum absolute atomic E-state index is 12.3. The van der Waals surface area contributed by atoms with Crippen LogP contribution in [0.15, 0.2) is 80.6 Å². The number of ether oxygens (including phenoxy) is 1. The van der Waals surface area contributed by atoms with Crippen molar-refractivity contribution in [3.8, 4) is 16.9 Å². The molecule has 0 saturated heterocycles. The highest BCUT2D eigenvalue weighted by Crippen LogP contribution is 2.35. The summed E-state index contributed by atoms with van der Waals surface area (Å²) in [6.07, 6.45) is 0.715. The van der Waals surface area contributed by atoms with Crippen molar-refractivity contribution < 1.29 is 18.4 Å². The van der Waals surface area contributed by atoms with E-state index < -0.39 is 11.7 Å². The van der Waals surface area contributed by atoms with Gasteiger partial charge in [0.1, 0.15) is 17.1 Å². The second-order valence-electron chi connectivity index (χ2n) is 6.68. The Morgan fingerprint density at radius 2 is 1.93 bits per heavy atom. The van der Waals surface area contributed by atoms with Crippen molar-refractivity contribution in [1.82, 2.24) is 5.32 Å². The van der Waals surface area contributed by atoms with Gasteiger partial charge >= 0.3 is 5.63 Å². The molecular weight excluding hydrogens is 406 g/mol. The number of furan rings is 1. The fourth-order valence-corrected chi connectivity index (χ4v) is 3.29. The summed E-state index contributed by atoms with van der Waals surface area (Å²) in [5.41, 5.74) is 1.41. The zero-order chi connectivity index (χ0) is 21.1. The van der Waals surface area contributed by atoms with E-state index in [2.05, 4.69) is 5.32 Å². The van der Waals surface area contributed by atoms with Gasteiger partial charge in [0.15, 0.2) is 6.10 Å². The number of amides is 1. The van der Waals surface area contributed by atoms with Crippen LogP contribution in [0.1, 0.15) is 12.7 Å². The molecule has 0 fully saturated rings. The van der Waals surface area contributed by atoms with Crippen LogP contribution in [0.4, 0.5) is 0 Å². The number of fused-ring (bicyclic) bond motifs is 1. The Bertz CT molecular complexity index is 1230. The van der Waals surface area contributed by atoms with E-state index in [0.29, 0.717) is 27.3 Å². The first-order chi connectivity index (χ1) is 14.5. The van der Waals surface area contributed by atoms with E-state index in [9.17, 15) is 9.59 Å². The van der Waals surface area contributed by atoms with Gasteiger partial charge in [0.05, 0.1) is 17.8 Å². The van der Waals surface area contributed by atoms with Gasteiger partial charge in [0, 0.05) is 17.5 Å². The highest BCUT2D eigenvalue weighted by molar-refractivity contribution is 6.33. The highest BCUT2D eigenvalue weighted by Gasteiger charge is 2.18. The minimum Gasteiger partial charge on any atom is -0.479 e. The van der Waals surface area contributed by atoms with Crippen LogP contribution in [0.3, 0.4) is 0 Å². The van der Waals surface area contributed by atoms with Gasteiger partial charge in [-0.3, -0.25) is 4.79 Å². The summed E-state index contributed by atoms with van der Waals surface area (Å²) >= 11 is 6.42. The molecule has 0 unspecified atom stereocenters. The molecule has 0 spiro atoms. The predicted octanol–water partition coefficient (Wildman–Crippen LogP) is 4.79. The molecule has 1 N–H and O–H groups in total. The van der Waals surface area contributed by atoms with Crippen LogP contribution in [0.25, 0.3) is 22.1 Å². The molecule has 0 saturated carbocycles. The molecule has 0 aliphatic carbocycles. The summed E-state index contributed by atoms with van der Waals surface area (Å²) in [5.74, 6) is 0.551. The van der Waals surface area contributed by atoms with E-state index in [4.69, 9.17) is 25.2 Å². The van der Waals surface area contributed by atoms with Crippen LogP contribution in [-0.2, 0) is 11.3 Å². The first-order valence-electron chi connectivity index (χ1n) is 9.31. The zero-order valence-electron chi connectivity index (χ0n) is 16.1. The van der Waals surface area contributed by atoms with Crippen LogP contribution in [0.5, 0.6) is 5.75 Å². The second kappa shape index (κ2) is 8.47. The summed E-state index contributed by atoms with van der Waals surface area (Å²) in [7, 11) is 0. The molecule has 7 heteroatoms. The first kappa shape index (κ1) is 19.8. The third kappa shape index (κ3) is 4.23. The van der Waals surface area contributed by atoms with Crippen molar-refractivity contribution in [3.05, 3.63) is 88.1 Å². The van der Waals surface area contributed by atoms with Crippen molar-refractivity contribution in [2.45, 2.75) is 19.6 Å². The number of carbonyl (C=O) groups is 1. The van der Waals surface area contributed by atoms with Crippen LogP contribution in [-0.4, -0.2) is 12.0 Å². The summed E-state index contributed by atoms with van der Waals surface area (Å²) in [5, 5.41) is 3.71. The quantitative estimate of drug-likeness (QED) is 0.451. The number of hydrogen-bond acceptors (Lipinski definition) is 5. The SMILES string of the molecule is C[C@H](Oc1cc2oc(=O)cc(-c3ccccc3)c2cc1Cl)C(=O)NCc1ccco1. The van der Waals surface area contributed by atoms with Crippen molar-refractivity contribution in [2.75, 3.05) is 0 Å². The number of halogens is 1. The standard InChI is InChI=1S/C23H18ClNO5/c1-14(23(27)25-13-16-8-5-9-28-16)29-21-12-20-18(10-19(21)24)17(11-22(26)30-20)15-6-3-2-4-7-15/h2-12,14H,13H2,1H3,(H,25,27)/t14-/m0/s1. The third-order valence-corrected chi connectivity index (χ3v) is 4.87. The topological polar surface area (TPSA) is 81.7 Å². The average Bonchev–Trinajstić information content (AvgIpc) is 3.26. The number of rotatable bonds is 6. The van der Waals surface area contributed by atoms with Gasteiger partial charge in [-0.25, -0.2) is 4.79 Å². The molecule has 2 heterocycles. The Kier molecular flexibility index (Phi) is 5.59. The second-order valence-corrected chi connectivity index (χ2v) is 7.09. The minimum absolute atomic E-state index is 0.248. The summed E-state index contributed by atoms with van der Waals surface area (Å²) in [6, 6.07) is 17.6. The van der Waals surface area contributed by atoms with Gasteiger partial charge in [-0.05, 0) is 36.2 Å². The van der Waals surface area contributed by atoms with Crippen molar-refractivity contribution in [3.63, 3.8) is 0 Å². The largest absolute Gasteiger partial charge is 0.479 e. The molecule has 2 aromatic heterocycles. The Hall–Kier alpha value is -3.51. The number of nitrogens with one attached hydrogen (secondary N) is 1. The molecule has 4 rings (SSSR count). The lowest BCUT2D eigenvalue weighted by Gasteiger charge is -2.16. The fourth-order valence-electron chi connectivity index (χ4n) is 3.09. The van der Waals surface area contributed by atoms with Gasteiger partial charge in [0.2, 0.25) is 0 Å². The fraction of sp³-hybridized carbons (Fsp3) is 0.130. The molecule has 6 nitrogen and oxygen atoms in total. The van der Waals surface area contributed by atoms with Crippen molar-refractivity contribution in [1.29, 1.82) is 0 Å². The number of benzene rings is 2. The Morgan fingerprint density at radius 3 is 2.67 bits per heavy atom. The summed E-state index contributed by atoms with van der Waals surface area (Å²) in [6.45, 7) is 1.86. The van der Waals surface area contributed by atoms with Crippen LogP contribution in [0, 0.1) is 0 Å². The van der Waals surface area contributed by atoms with Gasteiger partial charge in [0.25, 0.3) is 5.91 Å². The lowest BCUT2D eigenvalue weighted by atomic mass is 10.0. The third-order valence-electron chi connectivity index (χ3n) is 4.57. The summed E-state index contributed by atoms with van der Waals surface area (Å²) < 4.78 is 16.3. The van der Waals surface area contributed by atoms with Crippen molar-refractivity contribution >= 4 is 28.5 Å². The van der Waals surface area contributed by atoms with E-state index in [1.807, 2.05) is 30.3 Å². The molecular formula is C23H18ClNO5. The molecule has 0 aliphatic rings. The monoisotopic (exact) mass is 423 g/mol. The first-order valence-corrected chi connectivity index (χ1v) is 9.68. The normalized spacial score (nSPS) is 11.9. The van der Waals surface area contributed by atoms with E-state index >= 15 is 0 Å². The van der Waals surface area contributed by atoms with Gasteiger partial charge in [-0.15, -0.1) is 0 Å². The molecule has 30 heavy (non-hydrogen) atoms. The van der Waals surface area contributed by atoms with Gasteiger partial charge < -0.3 is 18.9 Å². The lowest BCUT2D eigenvalue weighted by Crippen LogP contribution is -2.35. The maximum atomic E-state index is 12.3. The average molecular weight is 424 g/mol. The van der Waals surface area contributed by atoms with Crippen LogP contribution in [0.2, 0.25) is 5.02 Å². The minimum atomic E-state index is -0.820. The Labute approximate surface area is 177 Å². The molecule has 152 valence electrons.